The van der Waals surface area contributed by atoms with Crippen LogP contribution in [-0.2, 0) is 10.4 Å². The quantitative estimate of drug-likeness (QED) is 0.381. The van der Waals surface area contributed by atoms with E-state index in [1.807, 2.05) is 64.0 Å². The Kier molecular flexibility index (Phi) is 5.63. The third-order valence-electron chi connectivity index (χ3n) is 8.64. The van der Waals surface area contributed by atoms with Crippen molar-refractivity contribution in [2.45, 2.75) is 69.1 Å². The van der Waals surface area contributed by atoms with E-state index in [0.717, 1.165) is 71.6 Å². The Labute approximate surface area is 227 Å². The summed E-state index contributed by atoms with van der Waals surface area (Å²) in [5, 5.41) is 11.5. The molecule has 7 rings (SSSR count). The van der Waals surface area contributed by atoms with Crippen molar-refractivity contribution in [2.75, 3.05) is 12.3 Å². The molecule has 3 fully saturated rings. The molecular formula is C31H33N5O3. The minimum absolute atomic E-state index is 0.136. The molecule has 0 spiro atoms. The van der Waals surface area contributed by atoms with Crippen molar-refractivity contribution in [3.05, 3.63) is 77.9 Å². The van der Waals surface area contributed by atoms with Crippen LogP contribution in [-0.4, -0.2) is 49.0 Å². The lowest BCUT2D eigenvalue weighted by Gasteiger charge is -2.34. The van der Waals surface area contributed by atoms with Gasteiger partial charge in [-0.3, -0.25) is 9.20 Å². The standard InChI is InChI=1S/C31H33N5O3/c1-31(38,22-3-2-4-25(17-22)39-24-12-13-24)21-8-5-19(6-9-21)27-28-29(32)33-15-16-35(28)30(34-27)20-7-10-23-11-14-26(37)36(23)18-20/h2-6,8-9,15-17,20,23-24,38H,7,10-14,18H2,1H3,(H2,32,33)/t20-,23+,31?/m1/s1. The second kappa shape index (κ2) is 9.09. The van der Waals surface area contributed by atoms with Gasteiger partial charge in [0.2, 0.25) is 5.91 Å². The number of fused-ring (bicyclic) bond motifs is 2. The summed E-state index contributed by atoms with van der Waals surface area (Å²) >= 11 is 0. The molecule has 4 heterocycles. The van der Waals surface area contributed by atoms with Crippen molar-refractivity contribution < 1.29 is 14.6 Å². The van der Waals surface area contributed by atoms with Gasteiger partial charge in [-0.05, 0) is 62.3 Å². The van der Waals surface area contributed by atoms with Gasteiger partial charge in [-0.15, -0.1) is 0 Å². The highest BCUT2D eigenvalue weighted by Gasteiger charge is 2.38. The Morgan fingerprint density at radius 3 is 2.67 bits per heavy atom. The number of ether oxygens (including phenoxy) is 1. The van der Waals surface area contributed by atoms with Crippen LogP contribution in [0, 0.1) is 0 Å². The van der Waals surface area contributed by atoms with E-state index in [2.05, 4.69) is 4.98 Å². The van der Waals surface area contributed by atoms with Gasteiger partial charge in [0.05, 0.1) is 6.10 Å². The Bertz CT molecular complexity index is 1560. The van der Waals surface area contributed by atoms with Gasteiger partial charge in [0, 0.05) is 42.9 Å². The number of carbonyl (C=O) groups is 1. The lowest BCUT2D eigenvalue weighted by atomic mass is 9.87. The Balaban J connectivity index is 1.22. The average Bonchev–Trinajstić information content (AvgIpc) is 3.56. The number of benzene rings is 2. The van der Waals surface area contributed by atoms with Crippen LogP contribution in [0.3, 0.4) is 0 Å². The van der Waals surface area contributed by atoms with Crippen LogP contribution in [0.4, 0.5) is 5.82 Å². The first-order valence-corrected chi connectivity index (χ1v) is 13.9. The van der Waals surface area contributed by atoms with Crippen molar-refractivity contribution in [3.63, 3.8) is 0 Å². The van der Waals surface area contributed by atoms with Crippen LogP contribution in [0.5, 0.6) is 5.75 Å². The fourth-order valence-corrected chi connectivity index (χ4v) is 6.22. The number of amides is 1. The van der Waals surface area contributed by atoms with Crippen LogP contribution < -0.4 is 10.5 Å². The highest BCUT2D eigenvalue weighted by molar-refractivity contribution is 5.85. The lowest BCUT2D eigenvalue weighted by molar-refractivity contribution is -0.130. The maximum absolute atomic E-state index is 12.5. The molecule has 3 aliphatic rings. The van der Waals surface area contributed by atoms with Gasteiger partial charge in [-0.2, -0.15) is 0 Å². The third-order valence-corrected chi connectivity index (χ3v) is 8.64. The number of anilines is 1. The minimum atomic E-state index is -1.19. The number of aliphatic hydroxyl groups is 1. The molecule has 0 bridgehead atoms. The van der Waals surface area contributed by atoms with Crippen molar-refractivity contribution in [3.8, 4) is 17.0 Å². The number of aromatic nitrogens is 3. The summed E-state index contributed by atoms with van der Waals surface area (Å²) < 4.78 is 7.99. The number of nitrogens with zero attached hydrogens (tertiary/aromatic N) is 4. The number of nitrogen functional groups attached to an aromatic ring is 1. The van der Waals surface area contributed by atoms with E-state index in [9.17, 15) is 9.90 Å². The summed E-state index contributed by atoms with van der Waals surface area (Å²) in [6.45, 7) is 2.50. The summed E-state index contributed by atoms with van der Waals surface area (Å²) in [5.74, 6) is 2.50. The Morgan fingerprint density at radius 1 is 1.05 bits per heavy atom. The van der Waals surface area contributed by atoms with Crippen LogP contribution >= 0.6 is 0 Å². The Morgan fingerprint density at radius 2 is 1.87 bits per heavy atom. The van der Waals surface area contributed by atoms with Crippen molar-refractivity contribution in [2.24, 2.45) is 0 Å². The number of imidazole rings is 1. The van der Waals surface area contributed by atoms with Crippen molar-refractivity contribution in [1.29, 1.82) is 0 Å². The molecule has 3 N–H and O–H groups in total. The molecule has 1 unspecified atom stereocenters. The highest BCUT2D eigenvalue weighted by atomic mass is 16.5. The summed E-state index contributed by atoms with van der Waals surface area (Å²) in [6, 6.07) is 15.9. The SMILES string of the molecule is CC(O)(c1ccc(-c2nc([C@@H]3CC[C@H]4CCC(=O)N4C3)n3ccnc(N)c23)cc1)c1cccc(OC2CC2)c1. The highest BCUT2D eigenvalue weighted by Crippen LogP contribution is 2.39. The molecule has 39 heavy (non-hydrogen) atoms. The monoisotopic (exact) mass is 523 g/mol. The molecule has 2 saturated heterocycles. The number of hydrogen-bond acceptors (Lipinski definition) is 6. The summed E-state index contributed by atoms with van der Waals surface area (Å²) in [5.41, 5.74) is 9.18. The molecule has 2 aliphatic heterocycles. The van der Waals surface area contributed by atoms with Crippen LogP contribution in [0.25, 0.3) is 16.8 Å². The van der Waals surface area contributed by atoms with Crippen LogP contribution in [0.15, 0.2) is 60.9 Å². The molecule has 3 atom stereocenters. The number of nitrogens with two attached hydrogens (primary N) is 1. The fraction of sp³-hybridized carbons (Fsp3) is 0.387. The van der Waals surface area contributed by atoms with Gasteiger partial charge in [-0.1, -0.05) is 36.4 Å². The fourth-order valence-electron chi connectivity index (χ4n) is 6.22. The van der Waals surface area contributed by atoms with E-state index in [0.29, 0.717) is 30.9 Å². The number of piperidine rings is 1. The summed E-state index contributed by atoms with van der Waals surface area (Å²) in [6.07, 6.45) is 9.68. The zero-order chi connectivity index (χ0) is 26.7. The smallest absolute Gasteiger partial charge is 0.222 e. The summed E-state index contributed by atoms with van der Waals surface area (Å²) in [4.78, 5) is 23.9. The average molecular weight is 524 g/mol. The third kappa shape index (κ3) is 4.23. The maximum atomic E-state index is 12.5. The van der Waals surface area contributed by atoms with Gasteiger partial charge in [0.25, 0.3) is 0 Å². The van der Waals surface area contributed by atoms with Gasteiger partial charge < -0.3 is 20.5 Å². The number of carbonyl (C=O) groups excluding carboxylic acids is 1. The normalized spacial score (nSPS) is 22.6. The van der Waals surface area contributed by atoms with Crippen molar-refractivity contribution >= 4 is 17.2 Å². The first-order valence-electron chi connectivity index (χ1n) is 13.9. The first kappa shape index (κ1) is 24.2. The van der Waals surface area contributed by atoms with E-state index < -0.39 is 5.60 Å². The van der Waals surface area contributed by atoms with Crippen LogP contribution in [0.2, 0.25) is 0 Å². The van der Waals surface area contributed by atoms with Crippen molar-refractivity contribution in [1.82, 2.24) is 19.3 Å². The first-order chi connectivity index (χ1) is 18.9. The van der Waals surface area contributed by atoms with Gasteiger partial charge in [-0.25, -0.2) is 9.97 Å². The van der Waals surface area contributed by atoms with E-state index in [-0.39, 0.29) is 11.8 Å². The van der Waals surface area contributed by atoms with Gasteiger partial charge >= 0.3 is 0 Å². The zero-order valence-electron chi connectivity index (χ0n) is 22.1. The largest absolute Gasteiger partial charge is 0.490 e. The molecular weight excluding hydrogens is 490 g/mol. The second-order valence-electron chi connectivity index (χ2n) is 11.4. The van der Waals surface area contributed by atoms with Gasteiger partial charge in [0.15, 0.2) is 0 Å². The topological polar surface area (TPSA) is 106 Å². The molecule has 2 aromatic carbocycles. The minimum Gasteiger partial charge on any atom is -0.490 e. The predicted octanol–water partition coefficient (Wildman–Crippen LogP) is 4.64. The summed E-state index contributed by atoms with van der Waals surface area (Å²) in [7, 11) is 0. The molecule has 1 aliphatic carbocycles. The number of hydrogen-bond donors (Lipinski definition) is 2. The van der Waals surface area contributed by atoms with E-state index in [1.165, 1.54) is 0 Å². The second-order valence-corrected chi connectivity index (χ2v) is 11.4. The lowest BCUT2D eigenvalue weighted by Crippen LogP contribution is -2.41. The maximum Gasteiger partial charge on any atom is 0.222 e. The molecule has 4 aromatic rings. The molecule has 200 valence electrons. The van der Waals surface area contributed by atoms with Crippen LogP contribution in [0.1, 0.15) is 68.3 Å². The molecule has 1 amide bonds. The zero-order valence-corrected chi connectivity index (χ0v) is 22.1. The number of rotatable bonds is 6. The van der Waals surface area contributed by atoms with E-state index >= 15 is 0 Å². The van der Waals surface area contributed by atoms with Gasteiger partial charge in [0.1, 0.15) is 34.2 Å². The molecule has 8 nitrogen and oxygen atoms in total. The molecule has 1 saturated carbocycles. The predicted molar refractivity (Wildman–Crippen MR) is 148 cm³/mol. The molecule has 0 radical (unpaired) electrons. The van der Waals surface area contributed by atoms with E-state index in [1.54, 1.807) is 13.1 Å². The van der Waals surface area contributed by atoms with E-state index in [4.69, 9.17) is 15.5 Å². The Hall–Kier alpha value is -3.91. The molecule has 2 aromatic heterocycles. The molecule has 8 heteroatoms.